The van der Waals surface area contributed by atoms with Crippen LogP contribution in [0.4, 0.5) is 0 Å². The van der Waals surface area contributed by atoms with Crippen LogP contribution in [0.25, 0.3) is 0 Å². The predicted molar refractivity (Wildman–Crippen MR) is 56.2 cm³/mol. The van der Waals surface area contributed by atoms with Crippen molar-refractivity contribution in [1.29, 1.82) is 0 Å². The molecule has 0 amide bonds. The highest BCUT2D eigenvalue weighted by molar-refractivity contribution is 8.00. The SMILES string of the molecule is Cc1nc(SCCS(C)(=O)=O)nn1C. The Morgan fingerprint density at radius 3 is 2.57 bits per heavy atom. The first-order valence-electron chi connectivity index (χ1n) is 4.06. The van der Waals surface area contributed by atoms with Crippen LogP contribution in [0.3, 0.4) is 0 Å². The molecule has 1 heterocycles. The lowest BCUT2D eigenvalue weighted by Gasteiger charge is -1.94. The molecule has 0 aliphatic carbocycles. The zero-order valence-electron chi connectivity index (χ0n) is 8.39. The number of rotatable bonds is 4. The molecule has 0 atom stereocenters. The molecule has 0 fully saturated rings. The highest BCUT2D eigenvalue weighted by Crippen LogP contribution is 2.12. The molecular formula is C7H13N3O2S2. The average Bonchev–Trinajstić information content (AvgIpc) is 2.28. The van der Waals surface area contributed by atoms with E-state index >= 15 is 0 Å². The molecule has 7 heteroatoms. The Bertz CT molecular complexity index is 391. The molecule has 0 radical (unpaired) electrons. The lowest BCUT2D eigenvalue weighted by atomic mass is 10.7. The van der Waals surface area contributed by atoms with E-state index in [0.29, 0.717) is 10.9 Å². The summed E-state index contributed by atoms with van der Waals surface area (Å²) in [4.78, 5) is 4.15. The Morgan fingerprint density at radius 1 is 1.50 bits per heavy atom. The largest absolute Gasteiger partial charge is 0.252 e. The Kier molecular flexibility index (Phi) is 3.54. The highest BCUT2D eigenvalue weighted by Gasteiger charge is 2.06. The maximum Gasteiger partial charge on any atom is 0.208 e. The number of thioether (sulfide) groups is 1. The molecule has 5 nitrogen and oxygen atoms in total. The summed E-state index contributed by atoms with van der Waals surface area (Å²) in [6.45, 7) is 1.85. The number of hydrogen-bond donors (Lipinski definition) is 0. The topological polar surface area (TPSA) is 64.8 Å². The Hall–Kier alpha value is -0.560. The minimum absolute atomic E-state index is 0.162. The summed E-state index contributed by atoms with van der Waals surface area (Å²) in [6, 6.07) is 0. The summed E-state index contributed by atoms with van der Waals surface area (Å²) >= 11 is 1.36. The van der Waals surface area contributed by atoms with Crippen molar-refractivity contribution in [2.45, 2.75) is 12.1 Å². The second kappa shape index (κ2) is 4.31. The quantitative estimate of drug-likeness (QED) is 0.700. The zero-order chi connectivity index (χ0) is 10.8. The molecule has 0 aromatic carbocycles. The molecule has 0 aliphatic heterocycles. The first-order chi connectivity index (χ1) is 6.38. The van der Waals surface area contributed by atoms with Gasteiger partial charge < -0.3 is 0 Å². The molecule has 14 heavy (non-hydrogen) atoms. The molecule has 0 saturated carbocycles. The van der Waals surface area contributed by atoms with Crippen LogP contribution in [0.15, 0.2) is 5.16 Å². The lowest BCUT2D eigenvalue weighted by molar-refractivity contribution is 0.603. The second-order valence-electron chi connectivity index (χ2n) is 3.04. The molecule has 1 aromatic heterocycles. The van der Waals surface area contributed by atoms with Crippen LogP contribution in [-0.2, 0) is 16.9 Å². The normalized spacial score (nSPS) is 11.9. The number of aryl methyl sites for hydroxylation is 2. The van der Waals surface area contributed by atoms with Gasteiger partial charge in [0.25, 0.3) is 0 Å². The molecular weight excluding hydrogens is 222 g/mol. The van der Waals surface area contributed by atoms with Crippen LogP contribution in [0.5, 0.6) is 0 Å². The number of hydrogen-bond acceptors (Lipinski definition) is 5. The van der Waals surface area contributed by atoms with Crippen molar-refractivity contribution < 1.29 is 8.42 Å². The molecule has 0 spiro atoms. The van der Waals surface area contributed by atoms with E-state index in [0.717, 1.165) is 5.82 Å². The Balaban J connectivity index is 2.47. The van der Waals surface area contributed by atoms with Crippen LogP contribution >= 0.6 is 11.8 Å². The number of nitrogens with zero attached hydrogens (tertiary/aromatic N) is 3. The fourth-order valence-electron chi connectivity index (χ4n) is 0.779. The van der Waals surface area contributed by atoms with Crippen LogP contribution in [0, 0.1) is 6.92 Å². The van der Waals surface area contributed by atoms with E-state index in [9.17, 15) is 8.42 Å². The Labute approximate surface area is 87.8 Å². The highest BCUT2D eigenvalue weighted by atomic mass is 32.2. The van der Waals surface area contributed by atoms with E-state index in [1.807, 2.05) is 14.0 Å². The maximum atomic E-state index is 10.8. The molecule has 0 aliphatic rings. The fraction of sp³-hybridized carbons (Fsp3) is 0.714. The standard InChI is InChI=1S/C7H13N3O2S2/c1-6-8-7(9-10(6)2)13-4-5-14(3,11)12/h4-5H2,1-3H3. The van der Waals surface area contributed by atoms with Gasteiger partial charge in [-0.2, -0.15) is 0 Å². The van der Waals surface area contributed by atoms with Crippen LogP contribution in [-0.4, -0.2) is 40.9 Å². The van der Waals surface area contributed by atoms with E-state index in [4.69, 9.17) is 0 Å². The van der Waals surface area contributed by atoms with Crippen molar-refractivity contribution in [2.24, 2.45) is 7.05 Å². The molecule has 0 N–H and O–H groups in total. The molecule has 0 unspecified atom stereocenters. The van der Waals surface area contributed by atoms with E-state index < -0.39 is 9.84 Å². The van der Waals surface area contributed by atoms with Gasteiger partial charge in [-0.3, -0.25) is 4.68 Å². The molecule has 0 saturated heterocycles. The predicted octanol–water partition coefficient (Wildman–Crippen LogP) is 0.260. The third-order valence-electron chi connectivity index (χ3n) is 1.65. The van der Waals surface area contributed by atoms with Gasteiger partial charge in [-0.1, -0.05) is 11.8 Å². The Morgan fingerprint density at radius 2 is 2.14 bits per heavy atom. The zero-order valence-corrected chi connectivity index (χ0v) is 10.0. The van der Waals surface area contributed by atoms with E-state index in [1.54, 1.807) is 4.68 Å². The first kappa shape index (κ1) is 11.5. The van der Waals surface area contributed by atoms with Crippen molar-refractivity contribution in [3.05, 3.63) is 5.82 Å². The number of aromatic nitrogens is 3. The van der Waals surface area contributed by atoms with E-state index in [1.165, 1.54) is 18.0 Å². The summed E-state index contributed by atoms with van der Waals surface area (Å²) in [5.74, 6) is 1.49. The van der Waals surface area contributed by atoms with Crippen molar-refractivity contribution in [3.8, 4) is 0 Å². The van der Waals surface area contributed by atoms with Crippen molar-refractivity contribution in [3.63, 3.8) is 0 Å². The van der Waals surface area contributed by atoms with Crippen LogP contribution in [0.1, 0.15) is 5.82 Å². The summed E-state index contributed by atoms with van der Waals surface area (Å²) in [6.07, 6.45) is 1.23. The summed E-state index contributed by atoms with van der Waals surface area (Å²) in [7, 11) is -1.07. The minimum atomic E-state index is -2.88. The average molecular weight is 235 g/mol. The third kappa shape index (κ3) is 3.67. The number of sulfone groups is 1. The summed E-state index contributed by atoms with van der Waals surface area (Å²) in [5.41, 5.74) is 0. The van der Waals surface area contributed by atoms with Gasteiger partial charge in [-0.05, 0) is 6.92 Å². The third-order valence-corrected chi connectivity index (χ3v) is 3.69. The van der Waals surface area contributed by atoms with Crippen LogP contribution < -0.4 is 0 Å². The molecule has 1 rings (SSSR count). The van der Waals surface area contributed by atoms with Crippen molar-refractivity contribution in [2.75, 3.05) is 17.8 Å². The van der Waals surface area contributed by atoms with Gasteiger partial charge >= 0.3 is 0 Å². The van der Waals surface area contributed by atoms with E-state index in [2.05, 4.69) is 10.1 Å². The molecule has 0 bridgehead atoms. The van der Waals surface area contributed by atoms with Crippen molar-refractivity contribution in [1.82, 2.24) is 14.8 Å². The van der Waals surface area contributed by atoms with Gasteiger partial charge in [0.05, 0.1) is 5.75 Å². The first-order valence-corrected chi connectivity index (χ1v) is 7.11. The summed E-state index contributed by atoms with van der Waals surface area (Å²) < 4.78 is 23.3. The molecule has 1 aromatic rings. The van der Waals surface area contributed by atoms with Gasteiger partial charge in [0.1, 0.15) is 15.7 Å². The lowest BCUT2D eigenvalue weighted by Crippen LogP contribution is -2.05. The van der Waals surface area contributed by atoms with E-state index in [-0.39, 0.29) is 5.75 Å². The fourth-order valence-corrected chi connectivity index (χ4v) is 2.88. The summed E-state index contributed by atoms with van der Waals surface area (Å²) in [5, 5.41) is 4.74. The smallest absolute Gasteiger partial charge is 0.208 e. The monoisotopic (exact) mass is 235 g/mol. The van der Waals surface area contributed by atoms with Gasteiger partial charge in [0.15, 0.2) is 0 Å². The van der Waals surface area contributed by atoms with Gasteiger partial charge in [0.2, 0.25) is 5.16 Å². The minimum Gasteiger partial charge on any atom is -0.252 e. The van der Waals surface area contributed by atoms with Gasteiger partial charge in [0, 0.05) is 19.1 Å². The van der Waals surface area contributed by atoms with Crippen LogP contribution in [0.2, 0.25) is 0 Å². The van der Waals surface area contributed by atoms with Crippen molar-refractivity contribution >= 4 is 21.6 Å². The maximum absolute atomic E-state index is 10.8. The van der Waals surface area contributed by atoms with Gasteiger partial charge in [-0.15, -0.1) is 5.10 Å². The molecule has 80 valence electrons. The van der Waals surface area contributed by atoms with Gasteiger partial charge in [-0.25, -0.2) is 13.4 Å². The second-order valence-corrected chi connectivity index (χ2v) is 6.37.